The molecule has 94 valence electrons. The Bertz CT molecular complexity index is 381. The van der Waals surface area contributed by atoms with Crippen molar-refractivity contribution in [2.24, 2.45) is 0 Å². The lowest BCUT2D eigenvalue weighted by Crippen LogP contribution is -2.43. The van der Waals surface area contributed by atoms with Crippen molar-refractivity contribution in [3.63, 3.8) is 0 Å². The minimum Gasteiger partial charge on any atom is -0.390 e. The molecule has 1 aliphatic rings. The number of aliphatic hydroxyl groups excluding tert-OH is 1. The van der Waals surface area contributed by atoms with Gasteiger partial charge in [-0.05, 0) is 32.8 Å². The summed E-state index contributed by atoms with van der Waals surface area (Å²) < 4.78 is 0. The second kappa shape index (κ2) is 4.63. The minimum absolute atomic E-state index is 0.513. The molecular formula is C13H20N2O2. The Labute approximate surface area is 102 Å². The van der Waals surface area contributed by atoms with Crippen molar-refractivity contribution in [2.45, 2.75) is 38.4 Å². The van der Waals surface area contributed by atoms with E-state index in [1.54, 1.807) is 13.1 Å². The molecule has 1 aliphatic heterocycles. The summed E-state index contributed by atoms with van der Waals surface area (Å²) in [5.74, 6) is 0.845. The number of piperidine rings is 1. The highest BCUT2D eigenvalue weighted by molar-refractivity contribution is 5.48. The lowest BCUT2D eigenvalue weighted by Gasteiger charge is -2.37. The van der Waals surface area contributed by atoms with Gasteiger partial charge in [-0.3, -0.25) is 0 Å². The zero-order valence-electron chi connectivity index (χ0n) is 10.4. The largest absolute Gasteiger partial charge is 0.390 e. The standard InChI is InChI=1S/C13H20N2O2/c1-10(16)11-4-3-7-14-12(11)15-8-5-13(2,17)6-9-15/h3-4,7,10,16-17H,5-6,8-9H2,1-2H3. The smallest absolute Gasteiger partial charge is 0.134 e. The third-order valence-corrected chi connectivity index (χ3v) is 3.41. The first kappa shape index (κ1) is 12.3. The normalized spacial score (nSPS) is 21.3. The molecule has 2 heterocycles. The van der Waals surface area contributed by atoms with Gasteiger partial charge in [0.2, 0.25) is 0 Å². The predicted molar refractivity (Wildman–Crippen MR) is 66.9 cm³/mol. The molecule has 0 saturated carbocycles. The molecular weight excluding hydrogens is 216 g/mol. The zero-order chi connectivity index (χ0) is 12.5. The van der Waals surface area contributed by atoms with Crippen molar-refractivity contribution in [1.29, 1.82) is 0 Å². The van der Waals surface area contributed by atoms with Gasteiger partial charge in [-0.25, -0.2) is 4.98 Å². The van der Waals surface area contributed by atoms with Gasteiger partial charge in [-0.1, -0.05) is 6.07 Å². The minimum atomic E-state index is -0.559. The van der Waals surface area contributed by atoms with Gasteiger partial charge >= 0.3 is 0 Å². The second-order valence-corrected chi connectivity index (χ2v) is 5.08. The Morgan fingerprint density at radius 3 is 2.65 bits per heavy atom. The molecule has 1 atom stereocenters. The molecule has 0 aliphatic carbocycles. The summed E-state index contributed by atoms with van der Waals surface area (Å²) in [6.45, 7) is 5.19. The quantitative estimate of drug-likeness (QED) is 0.816. The van der Waals surface area contributed by atoms with E-state index in [1.807, 2.05) is 19.1 Å². The Hall–Kier alpha value is -1.13. The summed E-state index contributed by atoms with van der Waals surface area (Å²) in [5.41, 5.74) is 0.296. The average molecular weight is 236 g/mol. The zero-order valence-corrected chi connectivity index (χ0v) is 10.4. The number of aromatic nitrogens is 1. The Kier molecular flexibility index (Phi) is 3.35. The van der Waals surface area contributed by atoms with Gasteiger partial charge in [-0.15, -0.1) is 0 Å². The maximum Gasteiger partial charge on any atom is 0.134 e. The second-order valence-electron chi connectivity index (χ2n) is 5.08. The molecule has 0 spiro atoms. The van der Waals surface area contributed by atoms with E-state index in [9.17, 15) is 10.2 Å². The van der Waals surface area contributed by atoms with Crippen LogP contribution >= 0.6 is 0 Å². The molecule has 4 heteroatoms. The first-order chi connectivity index (χ1) is 7.99. The van der Waals surface area contributed by atoms with Crippen LogP contribution in [0.4, 0.5) is 5.82 Å². The number of hydrogen-bond donors (Lipinski definition) is 2. The van der Waals surface area contributed by atoms with Gasteiger partial charge in [0.05, 0.1) is 11.7 Å². The third kappa shape index (κ3) is 2.76. The molecule has 0 amide bonds. The molecule has 4 nitrogen and oxygen atoms in total. The van der Waals surface area contributed by atoms with Crippen LogP contribution in [0.5, 0.6) is 0 Å². The van der Waals surface area contributed by atoms with Crippen molar-refractivity contribution in [2.75, 3.05) is 18.0 Å². The van der Waals surface area contributed by atoms with E-state index in [1.165, 1.54) is 0 Å². The fourth-order valence-electron chi connectivity index (χ4n) is 2.20. The van der Waals surface area contributed by atoms with Crippen LogP contribution in [0, 0.1) is 0 Å². The SMILES string of the molecule is CC(O)c1cccnc1N1CCC(C)(O)CC1. The number of anilines is 1. The van der Waals surface area contributed by atoms with Gasteiger partial charge in [0.25, 0.3) is 0 Å². The first-order valence-electron chi connectivity index (χ1n) is 6.10. The van der Waals surface area contributed by atoms with Crippen LogP contribution in [0.3, 0.4) is 0 Å². The van der Waals surface area contributed by atoms with Crippen LogP contribution in [-0.2, 0) is 0 Å². The number of nitrogens with zero attached hydrogens (tertiary/aromatic N) is 2. The van der Waals surface area contributed by atoms with Gasteiger partial charge in [-0.2, -0.15) is 0 Å². The molecule has 1 aromatic rings. The third-order valence-electron chi connectivity index (χ3n) is 3.41. The molecule has 17 heavy (non-hydrogen) atoms. The van der Waals surface area contributed by atoms with Gasteiger partial charge in [0, 0.05) is 24.8 Å². The number of hydrogen-bond acceptors (Lipinski definition) is 4. The van der Waals surface area contributed by atoms with Crippen molar-refractivity contribution < 1.29 is 10.2 Å². The highest BCUT2D eigenvalue weighted by Gasteiger charge is 2.29. The molecule has 1 fully saturated rings. The van der Waals surface area contributed by atoms with Gasteiger partial charge in [0.1, 0.15) is 5.82 Å². The van der Waals surface area contributed by atoms with Crippen LogP contribution in [-0.4, -0.2) is 33.9 Å². The predicted octanol–water partition coefficient (Wildman–Crippen LogP) is 1.49. The monoisotopic (exact) mass is 236 g/mol. The van der Waals surface area contributed by atoms with Crippen LogP contribution in [0.15, 0.2) is 18.3 Å². The summed E-state index contributed by atoms with van der Waals surface area (Å²) in [5, 5.41) is 19.6. The Balaban J connectivity index is 2.18. The number of aliphatic hydroxyl groups is 2. The van der Waals surface area contributed by atoms with E-state index in [4.69, 9.17) is 0 Å². The fourth-order valence-corrected chi connectivity index (χ4v) is 2.20. The Morgan fingerprint density at radius 1 is 1.41 bits per heavy atom. The van der Waals surface area contributed by atoms with E-state index in [0.29, 0.717) is 0 Å². The van der Waals surface area contributed by atoms with Crippen LogP contribution < -0.4 is 4.90 Å². The maximum absolute atomic E-state index is 9.92. The topological polar surface area (TPSA) is 56.6 Å². The summed E-state index contributed by atoms with van der Waals surface area (Å²) in [7, 11) is 0. The van der Waals surface area contributed by atoms with Crippen LogP contribution in [0.2, 0.25) is 0 Å². The van der Waals surface area contributed by atoms with Crippen molar-refractivity contribution >= 4 is 5.82 Å². The molecule has 0 aromatic carbocycles. The van der Waals surface area contributed by atoms with E-state index in [2.05, 4.69) is 9.88 Å². The van der Waals surface area contributed by atoms with Crippen molar-refractivity contribution in [1.82, 2.24) is 4.98 Å². The van der Waals surface area contributed by atoms with E-state index < -0.39 is 11.7 Å². The molecule has 1 aromatic heterocycles. The number of pyridine rings is 1. The lowest BCUT2D eigenvalue weighted by molar-refractivity contribution is 0.0349. The fraction of sp³-hybridized carbons (Fsp3) is 0.615. The molecule has 2 rings (SSSR count). The Morgan fingerprint density at radius 2 is 2.06 bits per heavy atom. The van der Waals surface area contributed by atoms with E-state index in [-0.39, 0.29) is 0 Å². The summed E-state index contributed by atoms with van der Waals surface area (Å²) >= 11 is 0. The highest BCUT2D eigenvalue weighted by atomic mass is 16.3. The van der Waals surface area contributed by atoms with Gasteiger partial charge in [0.15, 0.2) is 0 Å². The van der Waals surface area contributed by atoms with Crippen LogP contribution in [0.1, 0.15) is 38.4 Å². The maximum atomic E-state index is 9.92. The average Bonchev–Trinajstić information content (AvgIpc) is 2.29. The number of rotatable bonds is 2. The molecule has 1 saturated heterocycles. The highest BCUT2D eigenvalue weighted by Crippen LogP contribution is 2.29. The molecule has 0 radical (unpaired) electrons. The molecule has 1 unspecified atom stereocenters. The van der Waals surface area contributed by atoms with Gasteiger partial charge < -0.3 is 15.1 Å². The van der Waals surface area contributed by atoms with E-state index >= 15 is 0 Å². The van der Waals surface area contributed by atoms with Crippen molar-refractivity contribution in [3.05, 3.63) is 23.9 Å². The summed E-state index contributed by atoms with van der Waals surface area (Å²) in [6.07, 6.45) is 2.71. The molecule has 2 N–H and O–H groups in total. The summed E-state index contributed by atoms with van der Waals surface area (Å²) in [4.78, 5) is 6.49. The molecule has 0 bridgehead atoms. The first-order valence-corrected chi connectivity index (χ1v) is 6.10. The summed E-state index contributed by atoms with van der Waals surface area (Å²) in [6, 6.07) is 3.74. The van der Waals surface area contributed by atoms with Crippen LogP contribution in [0.25, 0.3) is 0 Å². The lowest BCUT2D eigenvalue weighted by atomic mass is 9.93. The van der Waals surface area contributed by atoms with Crippen molar-refractivity contribution in [3.8, 4) is 0 Å². The van der Waals surface area contributed by atoms with E-state index in [0.717, 1.165) is 37.3 Å².